The minimum Gasteiger partial charge on any atom is -0.383 e. The zero-order valence-electron chi connectivity index (χ0n) is 12.9. The van der Waals surface area contributed by atoms with Crippen LogP contribution in [-0.2, 0) is 0 Å². The third kappa shape index (κ3) is 3.04. The van der Waals surface area contributed by atoms with Gasteiger partial charge in [0.2, 0.25) is 0 Å². The molecule has 1 amide bonds. The number of nitrogens with two attached hydrogens (primary N) is 2. The minimum atomic E-state index is -0.405. The maximum absolute atomic E-state index is 12.4. The van der Waals surface area contributed by atoms with Crippen LogP contribution >= 0.6 is 0 Å². The van der Waals surface area contributed by atoms with Crippen molar-refractivity contribution in [1.29, 1.82) is 0 Å². The van der Waals surface area contributed by atoms with Crippen LogP contribution in [-0.4, -0.2) is 59.2 Å². The fourth-order valence-electron chi connectivity index (χ4n) is 2.60. The van der Waals surface area contributed by atoms with E-state index in [4.69, 9.17) is 11.5 Å². The molecule has 0 bridgehead atoms. The number of aromatic amines is 1. The second-order valence-corrected chi connectivity index (χ2v) is 5.53. The summed E-state index contributed by atoms with van der Waals surface area (Å²) in [5.41, 5.74) is 13.1. The lowest BCUT2D eigenvalue weighted by Gasteiger charge is -2.34. The van der Waals surface area contributed by atoms with Gasteiger partial charge in [0.15, 0.2) is 5.82 Å². The van der Waals surface area contributed by atoms with Gasteiger partial charge in [-0.25, -0.2) is 0 Å². The van der Waals surface area contributed by atoms with Gasteiger partial charge in [-0.15, -0.1) is 0 Å². The highest BCUT2D eigenvalue weighted by Crippen LogP contribution is 2.27. The highest BCUT2D eigenvalue weighted by molar-refractivity contribution is 6.11. The molecular weight excluding hydrogens is 296 g/mol. The monoisotopic (exact) mass is 316 g/mol. The summed E-state index contributed by atoms with van der Waals surface area (Å²) in [5, 5.41) is 9.06. The van der Waals surface area contributed by atoms with E-state index < -0.39 is 5.91 Å². The molecule has 0 aliphatic carbocycles. The summed E-state index contributed by atoms with van der Waals surface area (Å²) < 4.78 is 0. The number of piperazine rings is 1. The van der Waals surface area contributed by atoms with Gasteiger partial charge in [-0.1, -0.05) is 0 Å². The largest absolute Gasteiger partial charge is 0.383 e. The molecule has 0 atom stereocenters. The fourth-order valence-corrected chi connectivity index (χ4v) is 2.60. The van der Waals surface area contributed by atoms with Gasteiger partial charge >= 0.3 is 0 Å². The fraction of sp³-hybridized carbons (Fsp3) is 0.357. The summed E-state index contributed by atoms with van der Waals surface area (Å²) in [6.45, 7) is 3.72. The van der Waals surface area contributed by atoms with Gasteiger partial charge in [-0.3, -0.25) is 14.9 Å². The number of amides is 1. The molecule has 0 spiro atoms. The van der Waals surface area contributed by atoms with Crippen molar-refractivity contribution in [2.24, 2.45) is 0 Å². The summed E-state index contributed by atoms with van der Waals surface area (Å²) in [4.78, 5) is 21.0. The average Bonchev–Trinajstić information content (AvgIpc) is 2.88. The number of carbonyl (C=O) groups excluding carboxylic acids is 1. The minimum absolute atomic E-state index is 0.0741. The smallest absolute Gasteiger partial charge is 0.263 e. The first-order valence-electron chi connectivity index (χ1n) is 7.34. The number of likely N-dealkylation sites (N-methyl/N-ethyl adjacent to an activating group) is 1. The van der Waals surface area contributed by atoms with E-state index in [-0.39, 0.29) is 17.2 Å². The predicted molar refractivity (Wildman–Crippen MR) is 89.3 cm³/mol. The SMILES string of the molecule is CN1CCN(c2ccncc2NC(=O)c2c(N)n[nH]c2N)CC1. The highest BCUT2D eigenvalue weighted by Gasteiger charge is 2.21. The number of nitrogen functional groups attached to an aromatic ring is 2. The van der Waals surface area contributed by atoms with E-state index >= 15 is 0 Å². The van der Waals surface area contributed by atoms with Gasteiger partial charge in [0.25, 0.3) is 5.91 Å². The summed E-state index contributed by atoms with van der Waals surface area (Å²) in [5.74, 6) is -0.188. The van der Waals surface area contributed by atoms with Crippen LogP contribution in [0.3, 0.4) is 0 Å². The van der Waals surface area contributed by atoms with Crippen molar-refractivity contribution >= 4 is 28.9 Å². The highest BCUT2D eigenvalue weighted by atomic mass is 16.1. The van der Waals surface area contributed by atoms with Gasteiger partial charge in [-0.2, -0.15) is 5.10 Å². The Balaban J connectivity index is 1.82. The Hall–Kier alpha value is -2.81. The van der Waals surface area contributed by atoms with Crippen LogP contribution in [0.2, 0.25) is 0 Å². The van der Waals surface area contributed by atoms with Crippen LogP contribution in [0.15, 0.2) is 18.5 Å². The lowest BCUT2D eigenvalue weighted by molar-refractivity contribution is 0.102. The Morgan fingerprint density at radius 2 is 2.04 bits per heavy atom. The summed E-state index contributed by atoms with van der Waals surface area (Å²) in [6, 6.07) is 1.89. The molecule has 1 fully saturated rings. The number of carbonyl (C=O) groups is 1. The van der Waals surface area contributed by atoms with Crippen LogP contribution in [0.1, 0.15) is 10.4 Å². The molecule has 0 aromatic carbocycles. The van der Waals surface area contributed by atoms with Crippen LogP contribution in [0.5, 0.6) is 0 Å². The Labute approximate surface area is 133 Å². The molecule has 2 aromatic heterocycles. The molecule has 3 rings (SSSR count). The Morgan fingerprint density at radius 1 is 1.30 bits per heavy atom. The number of aromatic nitrogens is 3. The van der Waals surface area contributed by atoms with Gasteiger partial charge in [-0.05, 0) is 13.1 Å². The van der Waals surface area contributed by atoms with Crippen molar-refractivity contribution in [1.82, 2.24) is 20.1 Å². The molecule has 2 aromatic rings. The maximum Gasteiger partial charge on any atom is 0.263 e. The molecular formula is C14H20N8O. The molecule has 0 saturated carbocycles. The number of H-pyrrole nitrogens is 1. The molecule has 122 valence electrons. The molecule has 23 heavy (non-hydrogen) atoms. The molecule has 0 unspecified atom stereocenters. The number of hydrogen-bond donors (Lipinski definition) is 4. The van der Waals surface area contributed by atoms with E-state index in [1.807, 2.05) is 6.07 Å². The normalized spacial score (nSPS) is 15.6. The average molecular weight is 316 g/mol. The quantitative estimate of drug-likeness (QED) is 0.626. The topological polar surface area (TPSA) is 129 Å². The van der Waals surface area contributed by atoms with Gasteiger partial charge in [0, 0.05) is 32.4 Å². The van der Waals surface area contributed by atoms with Crippen molar-refractivity contribution in [3.63, 3.8) is 0 Å². The van der Waals surface area contributed by atoms with Crippen molar-refractivity contribution in [3.8, 4) is 0 Å². The number of nitrogens with one attached hydrogen (secondary N) is 2. The Morgan fingerprint density at radius 3 is 2.70 bits per heavy atom. The van der Waals surface area contributed by atoms with Crippen LogP contribution < -0.4 is 21.7 Å². The molecule has 3 heterocycles. The van der Waals surface area contributed by atoms with E-state index in [9.17, 15) is 4.79 Å². The number of nitrogens with zero attached hydrogens (tertiary/aromatic N) is 4. The number of pyridine rings is 1. The van der Waals surface area contributed by atoms with Crippen LogP contribution in [0, 0.1) is 0 Å². The third-order valence-electron chi connectivity index (χ3n) is 3.94. The zero-order valence-corrected chi connectivity index (χ0v) is 12.9. The molecule has 1 saturated heterocycles. The van der Waals surface area contributed by atoms with Crippen molar-refractivity contribution in [2.45, 2.75) is 0 Å². The van der Waals surface area contributed by atoms with Crippen molar-refractivity contribution in [2.75, 3.05) is 54.9 Å². The molecule has 9 nitrogen and oxygen atoms in total. The zero-order chi connectivity index (χ0) is 16.4. The standard InChI is InChI=1S/C14H20N8O/c1-21-4-6-22(7-5-21)10-2-3-17-8-9(10)18-14(23)11-12(15)19-20-13(11)16/h2-3,8H,4-7H2,1H3,(H,18,23)(H5,15,16,19,20). The van der Waals surface area contributed by atoms with E-state index in [1.54, 1.807) is 12.4 Å². The molecule has 0 radical (unpaired) electrons. The second-order valence-electron chi connectivity index (χ2n) is 5.53. The molecule has 1 aliphatic rings. The summed E-state index contributed by atoms with van der Waals surface area (Å²) >= 11 is 0. The van der Waals surface area contributed by atoms with Crippen LogP contribution in [0.25, 0.3) is 0 Å². The third-order valence-corrected chi connectivity index (χ3v) is 3.94. The summed E-state index contributed by atoms with van der Waals surface area (Å²) in [6.07, 6.45) is 3.34. The number of anilines is 4. The molecule has 9 heteroatoms. The molecule has 1 aliphatic heterocycles. The maximum atomic E-state index is 12.4. The van der Waals surface area contributed by atoms with E-state index in [2.05, 4.69) is 37.3 Å². The molecule has 6 N–H and O–H groups in total. The first kappa shape index (κ1) is 15.1. The first-order valence-corrected chi connectivity index (χ1v) is 7.34. The Bertz CT molecular complexity index is 685. The van der Waals surface area contributed by atoms with Gasteiger partial charge in [0.05, 0.1) is 17.6 Å². The lowest BCUT2D eigenvalue weighted by Crippen LogP contribution is -2.44. The Kier molecular flexibility index (Phi) is 4.02. The van der Waals surface area contributed by atoms with Crippen molar-refractivity contribution in [3.05, 3.63) is 24.0 Å². The van der Waals surface area contributed by atoms with Gasteiger partial charge < -0.3 is 26.6 Å². The first-order chi connectivity index (χ1) is 11.1. The second kappa shape index (κ2) is 6.13. The van der Waals surface area contributed by atoms with Gasteiger partial charge in [0.1, 0.15) is 11.4 Å². The summed E-state index contributed by atoms with van der Waals surface area (Å²) in [7, 11) is 2.09. The number of rotatable bonds is 3. The number of hydrogen-bond acceptors (Lipinski definition) is 7. The van der Waals surface area contributed by atoms with E-state index in [1.165, 1.54) is 0 Å². The van der Waals surface area contributed by atoms with Crippen molar-refractivity contribution < 1.29 is 4.79 Å². The van der Waals surface area contributed by atoms with E-state index in [0.717, 1.165) is 31.9 Å². The predicted octanol–water partition coefficient (Wildman–Crippen LogP) is -0.0268. The van der Waals surface area contributed by atoms with E-state index in [0.29, 0.717) is 5.69 Å². The van der Waals surface area contributed by atoms with Crippen LogP contribution in [0.4, 0.5) is 23.0 Å². The lowest BCUT2D eigenvalue weighted by atomic mass is 10.2.